The van der Waals surface area contributed by atoms with Crippen LogP contribution in [0.25, 0.3) is 0 Å². The topological polar surface area (TPSA) is 30.5 Å². The van der Waals surface area contributed by atoms with Gasteiger partial charge < -0.3 is 14.8 Å². The molecular weight excluding hydrogens is 226 g/mol. The maximum atomic E-state index is 5.83. The quantitative estimate of drug-likeness (QED) is 0.720. The highest BCUT2D eigenvalue weighted by Gasteiger charge is 2.11. The molecule has 102 valence electrons. The van der Waals surface area contributed by atoms with Gasteiger partial charge in [0, 0.05) is 25.3 Å². The molecule has 0 aliphatic rings. The summed E-state index contributed by atoms with van der Waals surface area (Å²) in [7, 11) is 1.73. The number of rotatable bonds is 8. The zero-order valence-corrected chi connectivity index (χ0v) is 11.9. The summed E-state index contributed by atoms with van der Waals surface area (Å²) in [4.78, 5) is 0. The van der Waals surface area contributed by atoms with Crippen molar-refractivity contribution in [1.29, 1.82) is 0 Å². The molecule has 0 saturated heterocycles. The first kappa shape index (κ1) is 15.0. The Labute approximate surface area is 110 Å². The molecule has 1 atom stereocenters. The fourth-order valence-corrected chi connectivity index (χ4v) is 1.84. The van der Waals surface area contributed by atoms with Crippen LogP contribution in [0.3, 0.4) is 0 Å². The summed E-state index contributed by atoms with van der Waals surface area (Å²) in [5.41, 5.74) is 1.21. The van der Waals surface area contributed by atoms with Crippen LogP contribution in [0.4, 0.5) is 0 Å². The lowest BCUT2D eigenvalue weighted by atomic mass is 10.1. The third-order valence-electron chi connectivity index (χ3n) is 2.72. The van der Waals surface area contributed by atoms with Gasteiger partial charge in [0.05, 0.1) is 6.10 Å². The van der Waals surface area contributed by atoms with Crippen molar-refractivity contribution in [3.05, 3.63) is 29.8 Å². The third-order valence-corrected chi connectivity index (χ3v) is 2.72. The van der Waals surface area contributed by atoms with Gasteiger partial charge in [0.15, 0.2) is 0 Å². The van der Waals surface area contributed by atoms with Gasteiger partial charge >= 0.3 is 0 Å². The Morgan fingerprint density at radius 1 is 1.17 bits per heavy atom. The minimum atomic E-state index is 0.201. The Bertz CT molecular complexity index is 339. The largest absolute Gasteiger partial charge is 0.491 e. The maximum Gasteiger partial charge on any atom is 0.124 e. The molecule has 0 spiro atoms. The molecule has 0 heterocycles. The van der Waals surface area contributed by atoms with E-state index in [0.29, 0.717) is 0 Å². The SMILES string of the molecule is COCCCN[C@H](C)c1ccccc1OC(C)C. The smallest absolute Gasteiger partial charge is 0.124 e. The van der Waals surface area contributed by atoms with E-state index in [9.17, 15) is 0 Å². The minimum Gasteiger partial charge on any atom is -0.491 e. The normalized spacial score (nSPS) is 12.7. The van der Waals surface area contributed by atoms with Gasteiger partial charge in [0.2, 0.25) is 0 Å². The second-order valence-electron chi connectivity index (χ2n) is 4.73. The zero-order valence-electron chi connectivity index (χ0n) is 11.9. The average Bonchev–Trinajstić information content (AvgIpc) is 2.34. The Balaban J connectivity index is 2.57. The molecule has 3 heteroatoms. The monoisotopic (exact) mass is 251 g/mol. The molecule has 3 nitrogen and oxygen atoms in total. The Hall–Kier alpha value is -1.06. The number of hydrogen-bond acceptors (Lipinski definition) is 3. The van der Waals surface area contributed by atoms with Gasteiger partial charge in [-0.15, -0.1) is 0 Å². The van der Waals surface area contributed by atoms with E-state index in [1.54, 1.807) is 7.11 Å². The molecule has 1 N–H and O–H groups in total. The molecule has 0 amide bonds. The van der Waals surface area contributed by atoms with E-state index in [1.807, 2.05) is 26.0 Å². The molecule has 18 heavy (non-hydrogen) atoms. The van der Waals surface area contributed by atoms with Gasteiger partial charge in [-0.3, -0.25) is 0 Å². The molecule has 0 unspecified atom stereocenters. The van der Waals surface area contributed by atoms with E-state index in [2.05, 4.69) is 24.4 Å². The van der Waals surface area contributed by atoms with Crippen molar-refractivity contribution in [3.63, 3.8) is 0 Å². The van der Waals surface area contributed by atoms with Crippen LogP contribution in [0, 0.1) is 0 Å². The maximum absolute atomic E-state index is 5.83. The molecule has 0 saturated carbocycles. The van der Waals surface area contributed by atoms with E-state index in [-0.39, 0.29) is 12.1 Å². The van der Waals surface area contributed by atoms with Gasteiger partial charge in [-0.2, -0.15) is 0 Å². The first-order chi connectivity index (χ1) is 8.65. The molecule has 0 radical (unpaired) electrons. The molecule has 0 aliphatic carbocycles. The van der Waals surface area contributed by atoms with Crippen molar-refractivity contribution >= 4 is 0 Å². The Morgan fingerprint density at radius 2 is 1.89 bits per heavy atom. The Kier molecular flexibility index (Phi) is 6.76. The van der Waals surface area contributed by atoms with Crippen molar-refractivity contribution in [1.82, 2.24) is 5.32 Å². The van der Waals surface area contributed by atoms with E-state index in [1.165, 1.54) is 5.56 Å². The van der Waals surface area contributed by atoms with Crippen LogP contribution < -0.4 is 10.1 Å². The van der Waals surface area contributed by atoms with Crippen LogP contribution >= 0.6 is 0 Å². The first-order valence-electron chi connectivity index (χ1n) is 6.63. The molecule has 1 aromatic carbocycles. The summed E-state index contributed by atoms with van der Waals surface area (Å²) in [5, 5.41) is 3.49. The van der Waals surface area contributed by atoms with Crippen molar-refractivity contribution < 1.29 is 9.47 Å². The Morgan fingerprint density at radius 3 is 2.56 bits per heavy atom. The highest BCUT2D eigenvalue weighted by atomic mass is 16.5. The van der Waals surface area contributed by atoms with Crippen LogP contribution in [-0.2, 0) is 4.74 Å². The standard InChI is InChI=1S/C15H25NO2/c1-12(2)18-15-9-6-5-8-14(15)13(3)16-10-7-11-17-4/h5-6,8-9,12-13,16H,7,10-11H2,1-4H3/t13-/m1/s1. The summed E-state index contributed by atoms with van der Waals surface area (Å²) in [6, 6.07) is 8.50. The molecule has 0 bridgehead atoms. The van der Waals surface area contributed by atoms with Gasteiger partial charge in [-0.1, -0.05) is 18.2 Å². The molecule has 1 rings (SSSR count). The summed E-state index contributed by atoms with van der Waals surface area (Å²) >= 11 is 0. The average molecular weight is 251 g/mol. The van der Waals surface area contributed by atoms with Gasteiger partial charge in [0.25, 0.3) is 0 Å². The van der Waals surface area contributed by atoms with E-state index >= 15 is 0 Å². The number of nitrogens with one attached hydrogen (secondary N) is 1. The highest BCUT2D eigenvalue weighted by Crippen LogP contribution is 2.25. The molecular formula is C15H25NO2. The van der Waals surface area contributed by atoms with Crippen molar-refractivity contribution in [2.45, 2.75) is 39.3 Å². The van der Waals surface area contributed by atoms with Crippen LogP contribution in [0.1, 0.15) is 38.8 Å². The number of methoxy groups -OCH3 is 1. The third kappa shape index (κ3) is 5.07. The number of benzene rings is 1. The van der Waals surface area contributed by atoms with Crippen molar-refractivity contribution in [2.24, 2.45) is 0 Å². The number of hydrogen-bond donors (Lipinski definition) is 1. The predicted octanol–water partition coefficient (Wildman–Crippen LogP) is 3.16. The van der Waals surface area contributed by atoms with Gasteiger partial charge in [-0.25, -0.2) is 0 Å². The van der Waals surface area contributed by atoms with Crippen molar-refractivity contribution in [3.8, 4) is 5.75 Å². The lowest BCUT2D eigenvalue weighted by Gasteiger charge is -2.19. The van der Waals surface area contributed by atoms with Crippen LogP contribution in [-0.4, -0.2) is 26.4 Å². The molecule has 0 aromatic heterocycles. The van der Waals surface area contributed by atoms with Crippen molar-refractivity contribution in [2.75, 3.05) is 20.3 Å². The minimum absolute atomic E-state index is 0.201. The molecule has 0 aliphatic heterocycles. The fraction of sp³-hybridized carbons (Fsp3) is 0.600. The summed E-state index contributed by atoms with van der Waals surface area (Å²) in [6.45, 7) is 8.01. The second kappa shape index (κ2) is 8.11. The second-order valence-corrected chi connectivity index (χ2v) is 4.73. The highest BCUT2D eigenvalue weighted by molar-refractivity contribution is 5.35. The first-order valence-corrected chi connectivity index (χ1v) is 6.63. The molecule has 0 fully saturated rings. The fourth-order valence-electron chi connectivity index (χ4n) is 1.84. The van der Waals surface area contributed by atoms with Crippen LogP contribution in [0.15, 0.2) is 24.3 Å². The van der Waals surface area contributed by atoms with E-state index < -0.39 is 0 Å². The van der Waals surface area contributed by atoms with E-state index in [0.717, 1.165) is 25.3 Å². The van der Waals surface area contributed by atoms with Gasteiger partial charge in [-0.05, 0) is 39.8 Å². The predicted molar refractivity (Wildman–Crippen MR) is 75.1 cm³/mol. The molecule has 1 aromatic rings. The van der Waals surface area contributed by atoms with Gasteiger partial charge in [0.1, 0.15) is 5.75 Å². The lowest BCUT2D eigenvalue weighted by molar-refractivity contribution is 0.193. The number of ether oxygens (including phenoxy) is 2. The lowest BCUT2D eigenvalue weighted by Crippen LogP contribution is -2.22. The summed E-state index contributed by atoms with van der Waals surface area (Å²) < 4.78 is 10.9. The van der Waals surface area contributed by atoms with Crippen LogP contribution in [0.5, 0.6) is 5.75 Å². The van der Waals surface area contributed by atoms with E-state index in [4.69, 9.17) is 9.47 Å². The van der Waals surface area contributed by atoms with Crippen LogP contribution in [0.2, 0.25) is 0 Å². The summed E-state index contributed by atoms with van der Waals surface area (Å²) in [6.07, 6.45) is 1.22. The summed E-state index contributed by atoms with van der Waals surface area (Å²) in [5.74, 6) is 0.972. The zero-order chi connectivity index (χ0) is 13.4. The number of para-hydroxylation sites is 1.